The molecule has 6 heteroatoms. The first-order valence-electron chi connectivity index (χ1n) is 6.48. The topological polar surface area (TPSA) is 64.8 Å². The average molecular weight is 294 g/mol. The maximum atomic E-state index is 12.1. The van der Waals surface area contributed by atoms with Crippen LogP contribution >= 0.6 is 12.2 Å². The first kappa shape index (κ1) is 14.7. The standard InChI is InChI=1S/C14H18N2O3S/c1-10-8-18-7-6-16(10)13(17)9-19-12-4-2-11(3-5-12)14(15)20/h2-5,10H,6-9H2,1H3,(H2,15,20). The van der Waals surface area contributed by atoms with Crippen LogP contribution in [0.5, 0.6) is 5.75 Å². The Morgan fingerprint density at radius 1 is 1.50 bits per heavy atom. The van der Waals surface area contributed by atoms with Crippen molar-refractivity contribution in [1.29, 1.82) is 0 Å². The van der Waals surface area contributed by atoms with Crippen molar-refractivity contribution in [2.75, 3.05) is 26.4 Å². The summed E-state index contributed by atoms with van der Waals surface area (Å²) in [5, 5.41) is 0. The number of hydrogen-bond acceptors (Lipinski definition) is 4. The number of thiocarbonyl (C=S) groups is 1. The summed E-state index contributed by atoms with van der Waals surface area (Å²) in [6.07, 6.45) is 0. The Morgan fingerprint density at radius 2 is 2.20 bits per heavy atom. The van der Waals surface area contributed by atoms with Gasteiger partial charge in [0.2, 0.25) is 0 Å². The highest BCUT2D eigenvalue weighted by molar-refractivity contribution is 7.80. The van der Waals surface area contributed by atoms with Crippen molar-refractivity contribution >= 4 is 23.1 Å². The van der Waals surface area contributed by atoms with Crippen LogP contribution in [0, 0.1) is 0 Å². The first-order valence-corrected chi connectivity index (χ1v) is 6.88. The Kier molecular flexibility index (Phi) is 4.92. The van der Waals surface area contributed by atoms with Crippen molar-refractivity contribution in [1.82, 2.24) is 4.90 Å². The lowest BCUT2D eigenvalue weighted by Crippen LogP contribution is -2.48. The van der Waals surface area contributed by atoms with Gasteiger partial charge >= 0.3 is 0 Å². The molecule has 0 radical (unpaired) electrons. The van der Waals surface area contributed by atoms with Crippen LogP contribution in [-0.2, 0) is 9.53 Å². The van der Waals surface area contributed by atoms with Crippen LogP contribution in [-0.4, -0.2) is 48.2 Å². The van der Waals surface area contributed by atoms with Gasteiger partial charge in [0, 0.05) is 12.1 Å². The van der Waals surface area contributed by atoms with E-state index in [9.17, 15) is 4.79 Å². The van der Waals surface area contributed by atoms with E-state index in [1.54, 1.807) is 29.2 Å². The second-order valence-electron chi connectivity index (χ2n) is 4.69. The molecule has 108 valence electrons. The number of ether oxygens (including phenoxy) is 2. The largest absolute Gasteiger partial charge is 0.484 e. The third-order valence-electron chi connectivity index (χ3n) is 3.19. The van der Waals surface area contributed by atoms with Crippen molar-refractivity contribution in [2.24, 2.45) is 5.73 Å². The minimum atomic E-state index is -0.0285. The molecule has 20 heavy (non-hydrogen) atoms. The number of benzene rings is 1. The predicted molar refractivity (Wildman–Crippen MR) is 79.8 cm³/mol. The summed E-state index contributed by atoms with van der Waals surface area (Å²) >= 11 is 4.87. The summed E-state index contributed by atoms with van der Waals surface area (Å²) in [7, 11) is 0. The molecule has 0 saturated carbocycles. The molecule has 1 atom stereocenters. The summed E-state index contributed by atoms with van der Waals surface area (Å²) in [6.45, 7) is 3.77. The zero-order chi connectivity index (χ0) is 14.5. The van der Waals surface area contributed by atoms with Gasteiger partial charge in [-0.15, -0.1) is 0 Å². The van der Waals surface area contributed by atoms with Gasteiger partial charge in [-0.05, 0) is 31.2 Å². The normalized spacial score (nSPS) is 18.6. The molecule has 5 nitrogen and oxygen atoms in total. The lowest BCUT2D eigenvalue weighted by atomic mass is 10.2. The van der Waals surface area contributed by atoms with Gasteiger partial charge in [0.25, 0.3) is 5.91 Å². The fraction of sp³-hybridized carbons (Fsp3) is 0.429. The molecule has 1 aliphatic rings. The minimum Gasteiger partial charge on any atom is -0.484 e. The zero-order valence-electron chi connectivity index (χ0n) is 11.4. The number of morpholine rings is 1. The molecule has 0 aliphatic carbocycles. The molecule has 1 unspecified atom stereocenters. The zero-order valence-corrected chi connectivity index (χ0v) is 12.2. The number of nitrogens with two attached hydrogens (primary N) is 1. The molecule has 2 N–H and O–H groups in total. The van der Waals surface area contributed by atoms with Crippen LogP contribution in [0.3, 0.4) is 0 Å². The van der Waals surface area contributed by atoms with E-state index in [4.69, 9.17) is 27.4 Å². The lowest BCUT2D eigenvalue weighted by Gasteiger charge is -2.33. The number of nitrogens with zero attached hydrogens (tertiary/aromatic N) is 1. The molecule has 1 amide bonds. The van der Waals surface area contributed by atoms with Gasteiger partial charge in [-0.1, -0.05) is 12.2 Å². The second-order valence-corrected chi connectivity index (χ2v) is 5.13. The van der Waals surface area contributed by atoms with Crippen molar-refractivity contribution in [3.8, 4) is 5.75 Å². The van der Waals surface area contributed by atoms with Gasteiger partial charge in [-0.25, -0.2) is 0 Å². The molecule has 2 rings (SSSR count). The fourth-order valence-corrected chi connectivity index (χ4v) is 2.18. The van der Waals surface area contributed by atoms with E-state index in [0.717, 1.165) is 5.56 Å². The molecule has 1 aliphatic heterocycles. The van der Waals surface area contributed by atoms with Gasteiger partial charge in [0.15, 0.2) is 6.61 Å². The Labute approximate surface area is 123 Å². The third kappa shape index (κ3) is 3.68. The van der Waals surface area contributed by atoms with E-state index in [1.807, 2.05) is 6.92 Å². The van der Waals surface area contributed by atoms with Crippen molar-refractivity contribution in [3.63, 3.8) is 0 Å². The highest BCUT2D eigenvalue weighted by atomic mass is 32.1. The summed E-state index contributed by atoms with van der Waals surface area (Å²) < 4.78 is 10.8. The lowest BCUT2D eigenvalue weighted by molar-refractivity contribution is -0.141. The summed E-state index contributed by atoms with van der Waals surface area (Å²) in [5.41, 5.74) is 6.30. The predicted octanol–water partition coefficient (Wildman–Crippen LogP) is 0.947. The number of carbonyl (C=O) groups excluding carboxylic acids is 1. The molecular formula is C14H18N2O3S. The molecule has 1 saturated heterocycles. The van der Waals surface area contributed by atoms with Crippen LogP contribution in [0.1, 0.15) is 12.5 Å². The van der Waals surface area contributed by atoms with E-state index in [1.165, 1.54) is 0 Å². The van der Waals surface area contributed by atoms with Gasteiger partial charge in [0.05, 0.1) is 19.3 Å². The summed E-state index contributed by atoms with van der Waals surface area (Å²) in [6, 6.07) is 7.16. The third-order valence-corrected chi connectivity index (χ3v) is 3.42. The Hall–Kier alpha value is -1.66. The molecule has 1 fully saturated rings. The molecule has 1 aromatic carbocycles. The monoisotopic (exact) mass is 294 g/mol. The highest BCUT2D eigenvalue weighted by Gasteiger charge is 2.23. The van der Waals surface area contributed by atoms with E-state index in [0.29, 0.717) is 30.5 Å². The van der Waals surface area contributed by atoms with Crippen LogP contribution in [0.4, 0.5) is 0 Å². The quantitative estimate of drug-likeness (QED) is 0.838. The molecule has 0 spiro atoms. The van der Waals surface area contributed by atoms with E-state index in [2.05, 4.69) is 0 Å². The van der Waals surface area contributed by atoms with Crippen LogP contribution in [0.25, 0.3) is 0 Å². The maximum Gasteiger partial charge on any atom is 0.260 e. The van der Waals surface area contributed by atoms with Crippen LogP contribution < -0.4 is 10.5 Å². The maximum absolute atomic E-state index is 12.1. The highest BCUT2D eigenvalue weighted by Crippen LogP contribution is 2.13. The van der Waals surface area contributed by atoms with E-state index < -0.39 is 0 Å². The minimum absolute atomic E-state index is 0.0246. The SMILES string of the molecule is CC1COCCN1C(=O)COc1ccc(C(N)=S)cc1. The molecule has 0 aromatic heterocycles. The number of carbonyl (C=O) groups is 1. The number of amides is 1. The second kappa shape index (κ2) is 6.67. The molecule has 1 aromatic rings. The Balaban J connectivity index is 1.88. The smallest absolute Gasteiger partial charge is 0.260 e. The van der Waals surface area contributed by atoms with Crippen molar-refractivity contribution in [2.45, 2.75) is 13.0 Å². The Bertz CT molecular complexity index is 490. The summed E-state index contributed by atoms with van der Waals surface area (Å²) in [4.78, 5) is 14.2. The van der Waals surface area contributed by atoms with Gasteiger partial charge in [-0.2, -0.15) is 0 Å². The van der Waals surface area contributed by atoms with E-state index in [-0.39, 0.29) is 18.6 Å². The van der Waals surface area contributed by atoms with Crippen molar-refractivity contribution in [3.05, 3.63) is 29.8 Å². The van der Waals surface area contributed by atoms with E-state index >= 15 is 0 Å². The van der Waals surface area contributed by atoms with Crippen LogP contribution in [0.15, 0.2) is 24.3 Å². The van der Waals surface area contributed by atoms with Gasteiger partial charge < -0.3 is 20.1 Å². The van der Waals surface area contributed by atoms with Gasteiger partial charge in [0.1, 0.15) is 10.7 Å². The fourth-order valence-electron chi connectivity index (χ4n) is 2.04. The first-order chi connectivity index (χ1) is 9.58. The molecule has 1 heterocycles. The molecular weight excluding hydrogens is 276 g/mol. The Morgan fingerprint density at radius 3 is 2.80 bits per heavy atom. The number of hydrogen-bond donors (Lipinski definition) is 1. The average Bonchev–Trinajstić information content (AvgIpc) is 2.45. The molecule has 0 bridgehead atoms. The van der Waals surface area contributed by atoms with Crippen LogP contribution in [0.2, 0.25) is 0 Å². The number of rotatable bonds is 4. The van der Waals surface area contributed by atoms with Gasteiger partial charge in [-0.3, -0.25) is 4.79 Å². The summed E-state index contributed by atoms with van der Waals surface area (Å²) in [5.74, 6) is 0.596. The van der Waals surface area contributed by atoms with Crippen molar-refractivity contribution < 1.29 is 14.3 Å².